The Morgan fingerprint density at radius 2 is 2.03 bits per heavy atom. The Bertz CT molecular complexity index is 1030. The normalized spacial score (nSPS) is 17.7. The van der Waals surface area contributed by atoms with E-state index in [-0.39, 0.29) is 35.7 Å². The zero-order chi connectivity index (χ0) is 23.8. The lowest BCUT2D eigenvalue weighted by Crippen LogP contribution is -2.44. The van der Waals surface area contributed by atoms with Crippen LogP contribution in [-0.4, -0.2) is 39.9 Å². The van der Waals surface area contributed by atoms with Crippen LogP contribution < -0.4 is 10.2 Å². The van der Waals surface area contributed by atoms with Gasteiger partial charge in [-0.05, 0) is 19.4 Å². The summed E-state index contributed by atoms with van der Waals surface area (Å²) in [7, 11) is 1.72. The van der Waals surface area contributed by atoms with Crippen molar-refractivity contribution in [2.45, 2.75) is 57.7 Å². The number of rotatable bonds is 5. The quantitative estimate of drug-likeness (QED) is 0.724. The van der Waals surface area contributed by atoms with Crippen LogP contribution in [0.5, 0.6) is 0 Å². The van der Waals surface area contributed by atoms with E-state index >= 15 is 0 Å². The molecule has 1 aromatic carbocycles. The zero-order valence-electron chi connectivity index (χ0n) is 19.3. The number of halogens is 2. The zero-order valence-corrected chi connectivity index (χ0v) is 20.1. The minimum Gasteiger partial charge on any atom is -0.352 e. The van der Waals surface area contributed by atoms with Gasteiger partial charge in [-0.25, -0.2) is 8.78 Å². The van der Waals surface area contributed by atoms with Gasteiger partial charge in [-0.1, -0.05) is 33.8 Å². The number of aromatic nitrogens is 2. The molecule has 0 bridgehead atoms. The highest BCUT2D eigenvalue weighted by molar-refractivity contribution is 8.00. The van der Waals surface area contributed by atoms with Crippen LogP contribution in [0.15, 0.2) is 18.2 Å². The fourth-order valence-electron chi connectivity index (χ4n) is 3.77. The molecule has 2 heterocycles. The Balaban J connectivity index is 2.17. The van der Waals surface area contributed by atoms with Crippen molar-refractivity contribution >= 4 is 29.4 Å². The van der Waals surface area contributed by atoms with Crippen LogP contribution in [0.2, 0.25) is 0 Å². The van der Waals surface area contributed by atoms with E-state index in [1.165, 1.54) is 28.8 Å². The highest BCUT2D eigenvalue weighted by atomic mass is 32.2. The molecule has 2 amide bonds. The lowest BCUT2D eigenvalue weighted by atomic mass is 9.87. The monoisotopic (exact) mass is 464 g/mol. The smallest absolute Gasteiger partial charge is 0.240 e. The first-order chi connectivity index (χ1) is 14.9. The van der Waals surface area contributed by atoms with E-state index in [9.17, 15) is 18.4 Å². The van der Waals surface area contributed by atoms with Gasteiger partial charge in [0.15, 0.2) is 0 Å². The molecular weight excluding hydrogens is 434 g/mol. The summed E-state index contributed by atoms with van der Waals surface area (Å²) in [5.74, 6) is -1.34. The average Bonchev–Trinajstić information content (AvgIpc) is 2.97. The highest BCUT2D eigenvalue weighted by Gasteiger charge is 2.39. The molecule has 0 unspecified atom stereocenters. The van der Waals surface area contributed by atoms with Gasteiger partial charge in [0.25, 0.3) is 0 Å². The number of fused-ring (bicyclic) bond motifs is 1. The second-order valence-electron chi connectivity index (χ2n) is 9.17. The predicted molar refractivity (Wildman–Crippen MR) is 123 cm³/mol. The van der Waals surface area contributed by atoms with E-state index in [2.05, 4.69) is 10.4 Å². The lowest BCUT2D eigenvalue weighted by molar-refractivity contribution is -0.123. The first-order valence-corrected chi connectivity index (χ1v) is 11.7. The van der Waals surface area contributed by atoms with Crippen molar-refractivity contribution < 1.29 is 18.4 Å². The van der Waals surface area contributed by atoms with Crippen LogP contribution in [0.4, 0.5) is 14.6 Å². The largest absolute Gasteiger partial charge is 0.352 e. The number of aryl methyl sites for hydroxylation is 1. The Hall–Kier alpha value is -2.42. The molecule has 9 heteroatoms. The predicted octanol–water partition coefficient (Wildman–Crippen LogP) is 4.08. The van der Waals surface area contributed by atoms with Crippen molar-refractivity contribution in [1.29, 1.82) is 0 Å². The van der Waals surface area contributed by atoms with Gasteiger partial charge in [0.2, 0.25) is 11.8 Å². The number of hydrogen-bond acceptors (Lipinski definition) is 4. The summed E-state index contributed by atoms with van der Waals surface area (Å²) in [5.41, 5.74) is 1.27. The molecule has 6 nitrogen and oxygen atoms in total. The maximum absolute atomic E-state index is 14.8. The Labute approximate surface area is 191 Å². The summed E-state index contributed by atoms with van der Waals surface area (Å²) < 4.78 is 30.0. The summed E-state index contributed by atoms with van der Waals surface area (Å²) in [6, 6.07) is 3.47. The molecule has 32 heavy (non-hydrogen) atoms. The minimum absolute atomic E-state index is 0.0174. The molecule has 2 atom stereocenters. The van der Waals surface area contributed by atoms with Gasteiger partial charge < -0.3 is 5.32 Å². The number of hydrogen-bond donors (Lipinski definition) is 1. The minimum atomic E-state index is -0.674. The maximum Gasteiger partial charge on any atom is 0.240 e. The van der Waals surface area contributed by atoms with Crippen LogP contribution in [0.3, 0.4) is 0 Å². The highest BCUT2D eigenvalue weighted by Crippen LogP contribution is 2.48. The van der Waals surface area contributed by atoms with Crippen LogP contribution in [0.1, 0.15) is 63.1 Å². The second-order valence-corrected chi connectivity index (χ2v) is 10.3. The molecule has 0 aliphatic carbocycles. The molecule has 0 spiro atoms. The summed E-state index contributed by atoms with van der Waals surface area (Å²) in [5, 5.41) is 7.00. The fourth-order valence-corrected chi connectivity index (χ4v) is 4.99. The van der Waals surface area contributed by atoms with Gasteiger partial charge in [0, 0.05) is 35.7 Å². The number of anilines is 1. The molecule has 1 aromatic heterocycles. The molecule has 3 rings (SSSR count). The third-order valence-corrected chi connectivity index (χ3v) is 6.76. The Kier molecular flexibility index (Phi) is 6.97. The fraction of sp³-hybridized carbons (Fsp3) is 0.522. The van der Waals surface area contributed by atoms with Gasteiger partial charge in [-0.15, -0.1) is 11.8 Å². The number of nitrogens with zero attached hydrogens (tertiary/aromatic N) is 3. The SMILES string of the molecule is CC[C@H](C)NC(=O)CN1C(=O)CS[C@H](c2ccc(F)cc2F)c2c(C(C)(C)C)nn(C)c21. The Morgan fingerprint density at radius 3 is 2.62 bits per heavy atom. The maximum atomic E-state index is 14.8. The third-order valence-electron chi connectivity index (χ3n) is 5.52. The van der Waals surface area contributed by atoms with E-state index in [4.69, 9.17) is 0 Å². The van der Waals surface area contributed by atoms with Crippen molar-refractivity contribution in [3.63, 3.8) is 0 Å². The van der Waals surface area contributed by atoms with Crippen LogP contribution in [0, 0.1) is 11.6 Å². The number of carbonyl (C=O) groups is 2. The Morgan fingerprint density at radius 1 is 1.34 bits per heavy atom. The van der Waals surface area contributed by atoms with E-state index < -0.39 is 22.3 Å². The van der Waals surface area contributed by atoms with Gasteiger partial charge >= 0.3 is 0 Å². The van der Waals surface area contributed by atoms with E-state index in [0.29, 0.717) is 17.1 Å². The molecule has 0 saturated carbocycles. The number of amides is 2. The number of carbonyl (C=O) groups excluding carboxylic acids is 2. The van der Waals surface area contributed by atoms with Gasteiger partial charge in [-0.3, -0.25) is 19.2 Å². The van der Waals surface area contributed by atoms with Crippen molar-refractivity contribution in [2.75, 3.05) is 17.2 Å². The second kappa shape index (κ2) is 9.21. The molecule has 1 aliphatic heterocycles. The topological polar surface area (TPSA) is 67.2 Å². The van der Waals surface area contributed by atoms with Gasteiger partial charge in [0.1, 0.15) is 24.0 Å². The summed E-state index contributed by atoms with van der Waals surface area (Å²) >= 11 is 1.26. The number of thioether (sulfide) groups is 1. The average molecular weight is 465 g/mol. The summed E-state index contributed by atoms with van der Waals surface area (Å²) in [6.07, 6.45) is 0.770. The molecule has 0 radical (unpaired) electrons. The molecule has 0 fully saturated rings. The van der Waals surface area contributed by atoms with Crippen LogP contribution in [0.25, 0.3) is 0 Å². The first-order valence-electron chi connectivity index (χ1n) is 10.7. The molecule has 174 valence electrons. The standard InChI is InChI=1S/C23H30F2N4O2S/c1-7-13(2)26-17(30)11-29-18(31)12-32-20(15-9-8-14(24)10-16(15)25)19-21(23(3,4)5)27-28(6)22(19)29/h8-10,13,20H,7,11-12H2,1-6H3,(H,26,30)/t13-,20+/m0/s1. The van der Waals surface area contributed by atoms with Crippen molar-refractivity contribution in [2.24, 2.45) is 7.05 Å². The number of benzene rings is 1. The van der Waals surface area contributed by atoms with Crippen molar-refractivity contribution in [3.8, 4) is 0 Å². The van der Waals surface area contributed by atoms with Gasteiger partial charge in [-0.2, -0.15) is 5.10 Å². The molecule has 1 N–H and O–H groups in total. The number of nitrogens with one attached hydrogen (secondary N) is 1. The summed E-state index contributed by atoms with van der Waals surface area (Å²) in [4.78, 5) is 27.2. The van der Waals surface area contributed by atoms with Crippen molar-refractivity contribution in [3.05, 3.63) is 46.7 Å². The first kappa shape index (κ1) is 24.2. The van der Waals surface area contributed by atoms with E-state index in [1.807, 2.05) is 34.6 Å². The molecule has 1 aliphatic rings. The third kappa shape index (κ3) is 4.82. The molecule has 2 aromatic rings. The lowest BCUT2D eigenvalue weighted by Gasteiger charge is -2.24. The van der Waals surface area contributed by atoms with Crippen LogP contribution in [-0.2, 0) is 22.1 Å². The molecular formula is C23H30F2N4O2S. The van der Waals surface area contributed by atoms with E-state index in [1.54, 1.807) is 11.7 Å². The van der Waals surface area contributed by atoms with Gasteiger partial charge in [0.05, 0.1) is 16.7 Å². The summed E-state index contributed by atoms with van der Waals surface area (Å²) in [6.45, 7) is 9.69. The van der Waals surface area contributed by atoms with Crippen molar-refractivity contribution in [1.82, 2.24) is 15.1 Å². The molecule has 0 saturated heterocycles. The van der Waals surface area contributed by atoms with Crippen LogP contribution >= 0.6 is 11.8 Å². The van der Waals surface area contributed by atoms with E-state index in [0.717, 1.165) is 12.5 Å².